The Labute approximate surface area is 413 Å². The molecule has 0 radical (unpaired) electrons. The zero-order valence-corrected chi connectivity index (χ0v) is 43.6. The van der Waals surface area contributed by atoms with E-state index in [-0.39, 0.29) is 37.5 Å². The molecule has 0 aliphatic rings. The van der Waals surface area contributed by atoms with Gasteiger partial charge in [-0.2, -0.15) is 0 Å². The van der Waals surface area contributed by atoms with Gasteiger partial charge in [0, 0.05) is 19.3 Å². The van der Waals surface area contributed by atoms with Gasteiger partial charge in [-0.1, -0.05) is 246 Å². The lowest BCUT2D eigenvalue weighted by molar-refractivity contribution is -0.167. The summed E-state index contributed by atoms with van der Waals surface area (Å²) >= 11 is 0. The minimum atomic E-state index is -0.815. The molecule has 1 unspecified atom stereocenters. The number of ether oxygens (including phenoxy) is 3. The van der Waals surface area contributed by atoms with Crippen molar-refractivity contribution in [3.63, 3.8) is 0 Å². The summed E-state index contributed by atoms with van der Waals surface area (Å²) in [6.45, 7) is 6.45. The molecule has 0 aliphatic heterocycles. The van der Waals surface area contributed by atoms with Gasteiger partial charge in [0.1, 0.15) is 13.2 Å². The van der Waals surface area contributed by atoms with Crippen molar-refractivity contribution in [3.8, 4) is 0 Å². The lowest BCUT2D eigenvalue weighted by atomic mass is 10.0. The number of carbonyl (C=O) groups is 3. The molecule has 0 aromatic rings. The van der Waals surface area contributed by atoms with Gasteiger partial charge in [0.15, 0.2) is 6.10 Å². The van der Waals surface area contributed by atoms with Crippen LogP contribution in [0.3, 0.4) is 0 Å². The van der Waals surface area contributed by atoms with Crippen molar-refractivity contribution in [2.75, 3.05) is 13.2 Å². The average Bonchev–Trinajstić information content (AvgIpc) is 3.33. The molecule has 67 heavy (non-hydrogen) atoms. The summed E-state index contributed by atoms with van der Waals surface area (Å²) in [5.41, 5.74) is 0. The van der Waals surface area contributed by atoms with E-state index < -0.39 is 6.10 Å². The monoisotopic (exact) mass is 931 g/mol. The predicted molar refractivity (Wildman–Crippen MR) is 288 cm³/mol. The highest BCUT2D eigenvalue weighted by atomic mass is 16.6. The van der Waals surface area contributed by atoms with Crippen LogP contribution < -0.4 is 0 Å². The van der Waals surface area contributed by atoms with Crippen LogP contribution in [0.1, 0.15) is 252 Å². The minimum absolute atomic E-state index is 0.106. The quantitative estimate of drug-likeness (QED) is 0.0199. The first kappa shape index (κ1) is 63.3. The van der Waals surface area contributed by atoms with Gasteiger partial charge in [-0.3, -0.25) is 14.4 Å². The molecule has 0 rings (SSSR count). The van der Waals surface area contributed by atoms with Gasteiger partial charge in [0.05, 0.1) is 0 Å². The fourth-order valence-corrected chi connectivity index (χ4v) is 7.48. The number of allylic oxidation sites excluding steroid dienone is 16. The van der Waals surface area contributed by atoms with E-state index in [9.17, 15) is 14.4 Å². The van der Waals surface area contributed by atoms with E-state index in [1.165, 1.54) is 103 Å². The van der Waals surface area contributed by atoms with Gasteiger partial charge in [-0.25, -0.2) is 0 Å². The molecule has 382 valence electrons. The van der Waals surface area contributed by atoms with Crippen LogP contribution in [0.4, 0.5) is 0 Å². The third-order valence-corrected chi connectivity index (χ3v) is 11.6. The minimum Gasteiger partial charge on any atom is -0.462 e. The summed E-state index contributed by atoms with van der Waals surface area (Å²) in [6, 6.07) is 0. The highest BCUT2D eigenvalue weighted by Gasteiger charge is 2.19. The van der Waals surface area contributed by atoms with Crippen LogP contribution in [0.25, 0.3) is 0 Å². The molecule has 0 heterocycles. The first-order chi connectivity index (χ1) is 33.0. The molecule has 0 spiro atoms. The lowest BCUT2D eigenvalue weighted by Crippen LogP contribution is -2.30. The van der Waals surface area contributed by atoms with Crippen molar-refractivity contribution >= 4 is 17.9 Å². The van der Waals surface area contributed by atoms with E-state index in [4.69, 9.17) is 14.2 Å². The number of rotatable bonds is 49. The van der Waals surface area contributed by atoms with Crippen LogP contribution >= 0.6 is 0 Å². The molecule has 0 aromatic heterocycles. The maximum absolute atomic E-state index is 12.8. The van der Waals surface area contributed by atoms with E-state index in [0.717, 1.165) is 103 Å². The summed E-state index contributed by atoms with van der Waals surface area (Å²) < 4.78 is 16.8. The molecule has 6 heteroatoms. The van der Waals surface area contributed by atoms with E-state index in [1.54, 1.807) is 0 Å². The first-order valence-corrected chi connectivity index (χ1v) is 27.8. The van der Waals surface area contributed by atoms with Gasteiger partial charge >= 0.3 is 17.9 Å². The second-order valence-electron chi connectivity index (χ2n) is 18.2. The molecule has 0 aliphatic carbocycles. The summed E-state index contributed by atoms with van der Waals surface area (Å²) in [6.07, 6.45) is 72.5. The first-order valence-electron chi connectivity index (χ1n) is 27.8. The Kier molecular flexibility index (Phi) is 51.9. The van der Waals surface area contributed by atoms with Gasteiger partial charge in [-0.15, -0.1) is 0 Å². The third-order valence-electron chi connectivity index (χ3n) is 11.6. The van der Waals surface area contributed by atoms with Crippen molar-refractivity contribution in [1.29, 1.82) is 0 Å². The van der Waals surface area contributed by atoms with Crippen molar-refractivity contribution in [2.45, 2.75) is 258 Å². The number of esters is 3. The van der Waals surface area contributed by atoms with Crippen molar-refractivity contribution < 1.29 is 28.6 Å². The van der Waals surface area contributed by atoms with Gasteiger partial charge in [-0.05, 0) is 83.5 Å². The van der Waals surface area contributed by atoms with Crippen LogP contribution in [0.5, 0.6) is 0 Å². The summed E-state index contributed by atoms with van der Waals surface area (Å²) in [5.74, 6) is -0.983. The van der Waals surface area contributed by atoms with Gasteiger partial charge < -0.3 is 14.2 Å². The number of carbonyl (C=O) groups excluding carboxylic acids is 3. The molecule has 0 fully saturated rings. The molecule has 0 amide bonds. The van der Waals surface area contributed by atoms with E-state index in [2.05, 4.69) is 118 Å². The second-order valence-corrected chi connectivity index (χ2v) is 18.2. The topological polar surface area (TPSA) is 78.9 Å². The third kappa shape index (κ3) is 53.2. The zero-order valence-electron chi connectivity index (χ0n) is 43.6. The SMILES string of the molecule is CC/C=C\C/C=C\C/C=C\C/C=C\C/C=C\CCCC(=O)OC(COC(=O)CCCCCCC\C=C/C=C\C=C/CCCCCCC)COC(=O)CCCCCCCCCCCCCCCC. The summed E-state index contributed by atoms with van der Waals surface area (Å²) in [7, 11) is 0. The fourth-order valence-electron chi connectivity index (χ4n) is 7.48. The molecular weight excluding hydrogens is 829 g/mol. The Morgan fingerprint density at radius 2 is 0.657 bits per heavy atom. The van der Waals surface area contributed by atoms with Crippen molar-refractivity contribution in [3.05, 3.63) is 97.2 Å². The van der Waals surface area contributed by atoms with Crippen molar-refractivity contribution in [2.24, 2.45) is 0 Å². The highest BCUT2D eigenvalue weighted by molar-refractivity contribution is 5.71. The van der Waals surface area contributed by atoms with Crippen LogP contribution in [0.2, 0.25) is 0 Å². The maximum Gasteiger partial charge on any atom is 0.306 e. The number of hydrogen-bond acceptors (Lipinski definition) is 6. The smallest absolute Gasteiger partial charge is 0.306 e. The van der Waals surface area contributed by atoms with Crippen molar-refractivity contribution in [1.82, 2.24) is 0 Å². The van der Waals surface area contributed by atoms with E-state index >= 15 is 0 Å². The Morgan fingerprint density at radius 3 is 1.06 bits per heavy atom. The van der Waals surface area contributed by atoms with Crippen LogP contribution in [0, 0.1) is 0 Å². The molecule has 6 nitrogen and oxygen atoms in total. The molecule has 1 atom stereocenters. The second kappa shape index (κ2) is 54.9. The van der Waals surface area contributed by atoms with Gasteiger partial charge in [0.2, 0.25) is 0 Å². The predicted octanol–water partition coefficient (Wildman–Crippen LogP) is 18.5. The fraction of sp³-hybridized carbons (Fsp3) is 0.689. The molecule has 0 N–H and O–H groups in total. The highest BCUT2D eigenvalue weighted by Crippen LogP contribution is 2.15. The largest absolute Gasteiger partial charge is 0.462 e. The number of unbranched alkanes of at least 4 members (excludes halogenated alkanes) is 24. The molecular formula is C61H102O6. The van der Waals surface area contributed by atoms with Crippen LogP contribution in [0.15, 0.2) is 97.2 Å². The zero-order chi connectivity index (χ0) is 48.6. The van der Waals surface area contributed by atoms with Crippen LogP contribution in [-0.2, 0) is 28.6 Å². The Morgan fingerprint density at radius 1 is 0.328 bits per heavy atom. The maximum atomic E-state index is 12.8. The van der Waals surface area contributed by atoms with E-state index in [0.29, 0.717) is 19.3 Å². The van der Waals surface area contributed by atoms with Gasteiger partial charge in [0.25, 0.3) is 0 Å². The Bertz CT molecular complexity index is 1350. The average molecular weight is 931 g/mol. The number of hydrogen-bond donors (Lipinski definition) is 0. The summed E-state index contributed by atoms with van der Waals surface area (Å²) in [5, 5.41) is 0. The Balaban J connectivity index is 4.52. The van der Waals surface area contributed by atoms with Crippen LogP contribution in [-0.4, -0.2) is 37.2 Å². The normalized spacial score (nSPS) is 12.8. The van der Waals surface area contributed by atoms with E-state index in [1.807, 2.05) is 0 Å². The Hall–Kier alpha value is -3.67. The lowest BCUT2D eigenvalue weighted by Gasteiger charge is -2.18. The molecule has 0 saturated heterocycles. The standard InChI is InChI=1S/C61H102O6/c1-4-7-10-13-16-19-22-25-28-30-32-33-36-39-42-45-48-51-54-60(63)66-57-58(56-65-59(62)53-50-47-44-41-38-35-27-24-21-18-15-12-9-6-3)67-61(64)55-52-49-46-43-40-37-34-31-29-26-23-20-17-14-11-8-5-2/h8,11,17,20,22,25-26,28-30,32-34,37,43,46,58H,4-7,9-10,12-16,18-19,21,23-24,27,31,35-36,38-42,44-45,47-57H2,1-3H3/b11-8-,20-17-,25-22-,29-26-,30-28-,33-32-,37-34-,46-43-. The summed E-state index contributed by atoms with van der Waals surface area (Å²) in [4.78, 5) is 38.1. The molecule has 0 bridgehead atoms. The molecule has 0 saturated carbocycles. The molecule has 0 aromatic carbocycles.